The molecule has 0 atom stereocenters. The first kappa shape index (κ1) is 33.7. The van der Waals surface area contributed by atoms with Crippen molar-refractivity contribution in [3.63, 3.8) is 0 Å². The number of benzene rings is 2. The minimum atomic E-state index is -4.77. The van der Waals surface area contributed by atoms with Gasteiger partial charge >= 0.3 is 6.18 Å². The number of nitrogens with one attached hydrogen (secondary N) is 3. The molecule has 0 saturated carbocycles. The fourth-order valence-electron chi connectivity index (χ4n) is 4.57. The SMILES string of the molecule is COc1cc(C(=O)NCCN2CCOCC2)ccc1Nc1ncc(C(F)(F)F)c(NCc2ccc(C)cc2N(C)S(C)(=O)=O)n1. The lowest BCUT2D eigenvalue weighted by atomic mass is 10.1. The Bertz CT molecular complexity index is 1620. The van der Waals surface area contributed by atoms with E-state index in [0.29, 0.717) is 55.0 Å². The van der Waals surface area contributed by atoms with E-state index in [1.165, 1.54) is 20.2 Å². The van der Waals surface area contributed by atoms with Crippen molar-refractivity contribution < 1.29 is 35.9 Å². The molecule has 1 aliphatic rings. The van der Waals surface area contributed by atoms with E-state index in [9.17, 15) is 26.4 Å². The zero-order valence-corrected chi connectivity index (χ0v) is 26.2. The van der Waals surface area contributed by atoms with Crippen molar-refractivity contribution >= 4 is 39.1 Å². The van der Waals surface area contributed by atoms with Gasteiger partial charge in [0.05, 0.1) is 38.0 Å². The van der Waals surface area contributed by atoms with E-state index in [0.717, 1.165) is 29.2 Å². The topological polar surface area (TPSA) is 138 Å². The molecule has 0 spiro atoms. The number of nitrogens with zero attached hydrogens (tertiary/aromatic N) is 4. The lowest BCUT2D eigenvalue weighted by Gasteiger charge is -2.26. The summed E-state index contributed by atoms with van der Waals surface area (Å²) in [5.41, 5.74) is 1.09. The molecule has 0 radical (unpaired) electrons. The van der Waals surface area contributed by atoms with Crippen LogP contribution in [-0.2, 0) is 27.5 Å². The van der Waals surface area contributed by atoms with Crippen LogP contribution in [-0.4, -0.2) is 89.0 Å². The molecule has 1 saturated heterocycles. The third-order valence-electron chi connectivity index (χ3n) is 7.15. The summed E-state index contributed by atoms with van der Waals surface area (Å²) in [6.07, 6.45) is -3.08. The molecular formula is C29H36F3N7O5S. The molecule has 3 aromatic rings. The molecule has 4 rings (SSSR count). The number of morpholine rings is 1. The van der Waals surface area contributed by atoms with Gasteiger partial charge in [0.1, 0.15) is 17.1 Å². The van der Waals surface area contributed by atoms with Gasteiger partial charge in [0.2, 0.25) is 16.0 Å². The number of rotatable bonds is 12. The van der Waals surface area contributed by atoms with Crippen LogP contribution in [0.5, 0.6) is 5.75 Å². The van der Waals surface area contributed by atoms with E-state index in [4.69, 9.17) is 9.47 Å². The number of amides is 1. The zero-order chi connectivity index (χ0) is 32.8. The van der Waals surface area contributed by atoms with Gasteiger partial charge in [-0.05, 0) is 42.3 Å². The Kier molecular flexibility index (Phi) is 10.7. The standard InChI is InChI=1S/C29H36F3N7O5S/c1-19-5-6-21(24(15-19)38(2)45(4,41)42)17-34-26-22(29(30,31)32)18-35-28(37-26)36-23-8-7-20(16-25(23)43-3)27(40)33-9-10-39-11-13-44-14-12-39/h5-8,15-16,18H,9-14,17H2,1-4H3,(H,33,40)(H2,34,35,36,37). The number of anilines is 4. The predicted octanol–water partition coefficient (Wildman–Crippen LogP) is 3.63. The van der Waals surface area contributed by atoms with Crippen molar-refractivity contribution in [3.8, 4) is 5.75 Å². The van der Waals surface area contributed by atoms with Crippen LogP contribution < -0.4 is 25.0 Å². The van der Waals surface area contributed by atoms with Crippen LogP contribution >= 0.6 is 0 Å². The van der Waals surface area contributed by atoms with Gasteiger partial charge in [0.15, 0.2) is 0 Å². The fraction of sp³-hybridized carbons (Fsp3) is 0.414. The van der Waals surface area contributed by atoms with Gasteiger partial charge in [0.25, 0.3) is 5.91 Å². The number of hydrogen-bond donors (Lipinski definition) is 3. The van der Waals surface area contributed by atoms with Crippen molar-refractivity contribution in [2.24, 2.45) is 0 Å². The summed E-state index contributed by atoms with van der Waals surface area (Å²) in [6, 6.07) is 9.61. The molecule has 1 amide bonds. The molecule has 0 bridgehead atoms. The summed E-state index contributed by atoms with van der Waals surface area (Å²) >= 11 is 0. The van der Waals surface area contributed by atoms with E-state index in [1.807, 2.05) is 0 Å². The van der Waals surface area contributed by atoms with Crippen LogP contribution in [0.15, 0.2) is 42.6 Å². The van der Waals surface area contributed by atoms with Crippen molar-refractivity contribution in [3.05, 3.63) is 64.8 Å². The molecule has 12 nitrogen and oxygen atoms in total. The number of aromatic nitrogens is 2. The molecule has 3 N–H and O–H groups in total. The van der Waals surface area contributed by atoms with E-state index in [2.05, 4.69) is 30.8 Å². The van der Waals surface area contributed by atoms with E-state index >= 15 is 0 Å². The third kappa shape index (κ3) is 8.95. The molecule has 244 valence electrons. The monoisotopic (exact) mass is 651 g/mol. The molecule has 16 heteroatoms. The second-order valence-electron chi connectivity index (χ2n) is 10.4. The highest BCUT2D eigenvalue weighted by Crippen LogP contribution is 2.35. The number of alkyl halides is 3. The Hall–Kier alpha value is -4.15. The Morgan fingerprint density at radius 1 is 1.16 bits per heavy atom. The molecular weight excluding hydrogens is 615 g/mol. The molecule has 45 heavy (non-hydrogen) atoms. The van der Waals surface area contributed by atoms with E-state index in [1.54, 1.807) is 37.3 Å². The maximum Gasteiger partial charge on any atom is 0.421 e. The van der Waals surface area contributed by atoms with Gasteiger partial charge in [-0.1, -0.05) is 12.1 Å². The summed E-state index contributed by atoms with van der Waals surface area (Å²) < 4.78 is 77.8. The van der Waals surface area contributed by atoms with Crippen molar-refractivity contribution in [1.29, 1.82) is 0 Å². The van der Waals surface area contributed by atoms with Crippen molar-refractivity contribution in [2.45, 2.75) is 19.6 Å². The molecule has 2 heterocycles. The highest BCUT2D eigenvalue weighted by atomic mass is 32.2. The lowest BCUT2D eigenvalue weighted by Crippen LogP contribution is -2.41. The van der Waals surface area contributed by atoms with Crippen molar-refractivity contribution in [1.82, 2.24) is 20.2 Å². The van der Waals surface area contributed by atoms with Crippen LogP contribution in [0.2, 0.25) is 0 Å². The highest BCUT2D eigenvalue weighted by molar-refractivity contribution is 7.92. The smallest absolute Gasteiger partial charge is 0.421 e. The second kappa shape index (κ2) is 14.3. The third-order valence-corrected chi connectivity index (χ3v) is 8.34. The number of ether oxygens (including phenoxy) is 2. The molecule has 0 aliphatic carbocycles. The quantitative estimate of drug-likeness (QED) is 0.266. The maximum absolute atomic E-state index is 13.9. The van der Waals surface area contributed by atoms with Gasteiger partial charge in [-0.3, -0.25) is 14.0 Å². The average molecular weight is 652 g/mol. The minimum absolute atomic E-state index is 0.159. The summed E-state index contributed by atoms with van der Waals surface area (Å²) in [4.78, 5) is 22.8. The molecule has 1 fully saturated rings. The first-order chi connectivity index (χ1) is 21.3. The van der Waals surface area contributed by atoms with E-state index in [-0.39, 0.29) is 24.1 Å². The van der Waals surface area contributed by atoms with Crippen LogP contribution in [0.1, 0.15) is 27.0 Å². The van der Waals surface area contributed by atoms with Gasteiger partial charge < -0.3 is 25.4 Å². The van der Waals surface area contributed by atoms with Gasteiger partial charge in [-0.2, -0.15) is 18.2 Å². The zero-order valence-electron chi connectivity index (χ0n) is 25.4. The Morgan fingerprint density at radius 3 is 2.56 bits per heavy atom. The first-order valence-corrected chi connectivity index (χ1v) is 15.9. The maximum atomic E-state index is 13.9. The van der Waals surface area contributed by atoms with Crippen molar-refractivity contribution in [2.75, 3.05) is 74.7 Å². The first-order valence-electron chi connectivity index (χ1n) is 14.0. The number of methoxy groups -OCH3 is 1. The summed E-state index contributed by atoms with van der Waals surface area (Å²) in [5, 5.41) is 8.43. The number of halogens is 3. The highest BCUT2D eigenvalue weighted by Gasteiger charge is 2.35. The predicted molar refractivity (Wildman–Crippen MR) is 165 cm³/mol. The summed E-state index contributed by atoms with van der Waals surface area (Å²) in [5.74, 6) is -0.725. The number of hydrogen-bond acceptors (Lipinski definition) is 10. The Morgan fingerprint density at radius 2 is 1.89 bits per heavy atom. The Balaban J connectivity index is 1.51. The molecule has 0 unspecified atom stereocenters. The summed E-state index contributed by atoms with van der Waals surface area (Å²) in [7, 11) is -0.862. The van der Waals surface area contributed by atoms with E-state index < -0.39 is 27.6 Å². The van der Waals surface area contributed by atoms with Gasteiger partial charge in [0, 0.05) is 51.5 Å². The van der Waals surface area contributed by atoms with Crippen LogP contribution in [0.3, 0.4) is 0 Å². The lowest BCUT2D eigenvalue weighted by molar-refractivity contribution is -0.137. The van der Waals surface area contributed by atoms with Gasteiger partial charge in [-0.15, -0.1) is 0 Å². The molecule has 1 aliphatic heterocycles. The number of sulfonamides is 1. The summed E-state index contributed by atoms with van der Waals surface area (Å²) in [6.45, 7) is 5.70. The molecule has 1 aromatic heterocycles. The van der Waals surface area contributed by atoms with Crippen LogP contribution in [0, 0.1) is 6.92 Å². The number of carbonyl (C=O) groups excluding carboxylic acids is 1. The fourth-order valence-corrected chi connectivity index (χ4v) is 5.10. The normalized spacial score (nSPS) is 14.1. The van der Waals surface area contributed by atoms with Crippen LogP contribution in [0.4, 0.5) is 36.3 Å². The minimum Gasteiger partial charge on any atom is -0.495 e. The van der Waals surface area contributed by atoms with Gasteiger partial charge in [-0.25, -0.2) is 13.4 Å². The Labute approximate surface area is 260 Å². The van der Waals surface area contributed by atoms with Crippen LogP contribution in [0.25, 0.3) is 0 Å². The number of carbonyl (C=O) groups is 1. The largest absolute Gasteiger partial charge is 0.495 e. The number of aryl methyl sites for hydroxylation is 1. The average Bonchev–Trinajstić information content (AvgIpc) is 2.99. The second-order valence-corrected chi connectivity index (χ2v) is 12.4. The molecule has 2 aromatic carbocycles.